The van der Waals surface area contributed by atoms with Gasteiger partial charge in [-0.15, -0.1) is 0 Å². The van der Waals surface area contributed by atoms with E-state index in [1.54, 1.807) is 0 Å². The Balaban J connectivity index is 1.55. The third kappa shape index (κ3) is 5.66. The van der Waals surface area contributed by atoms with Crippen LogP contribution in [0.3, 0.4) is 0 Å². The molecular weight excluding hydrogens is 280 g/mol. The van der Waals surface area contributed by atoms with E-state index in [0.717, 1.165) is 18.9 Å². The first kappa shape index (κ1) is 17.5. The summed E-state index contributed by atoms with van der Waals surface area (Å²) in [5.74, 6) is 0.863. The fraction of sp³-hybridized carbons (Fsp3) is 1.00. The van der Waals surface area contributed by atoms with Gasteiger partial charge in [0.2, 0.25) is 0 Å². The molecule has 1 saturated carbocycles. The standard InChI is InChI=1S/C17H34O3Si/c1-12(2)21(13(3)4)20-14(5)18-10-6-7-15-8-9-16-17(11-15)19-16/h12-17,21H,6-11H2,1-5H3. The van der Waals surface area contributed by atoms with Crippen LogP contribution in [0.4, 0.5) is 0 Å². The molecular formula is C17H34O3Si. The van der Waals surface area contributed by atoms with Crippen LogP contribution < -0.4 is 0 Å². The average Bonchev–Trinajstić information content (AvgIpc) is 3.18. The van der Waals surface area contributed by atoms with E-state index in [0.29, 0.717) is 23.3 Å². The van der Waals surface area contributed by atoms with Crippen molar-refractivity contribution >= 4 is 9.04 Å². The second-order valence-corrected chi connectivity index (χ2v) is 11.4. The molecule has 1 aliphatic heterocycles. The smallest absolute Gasteiger partial charge is 0.185 e. The third-order valence-corrected chi connectivity index (χ3v) is 8.21. The molecule has 4 heteroatoms. The van der Waals surface area contributed by atoms with Gasteiger partial charge in [0, 0.05) is 6.61 Å². The number of epoxide rings is 1. The summed E-state index contributed by atoms with van der Waals surface area (Å²) < 4.78 is 17.7. The monoisotopic (exact) mass is 314 g/mol. The molecule has 2 rings (SSSR count). The quantitative estimate of drug-likeness (QED) is 0.276. The Bertz CT molecular complexity index is 300. The summed E-state index contributed by atoms with van der Waals surface area (Å²) in [6.45, 7) is 12.0. The lowest BCUT2D eigenvalue weighted by Crippen LogP contribution is -2.31. The average molecular weight is 315 g/mol. The Labute approximate surface area is 132 Å². The van der Waals surface area contributed by atoms with Crippen molar-refractivity contribution in [2.24, 2.45) is 5.92 Å². The highest BCUT2D eigenvalue weighted by atomic mass is 28.3. The lowest BCUT2D eigenvalue weighted by molar-refractivity contribution is -0.0730. The normalized spacial score (nSPS) is 30.0. The molecule has 4 atom stereocenters. The molecule has 3 nitrogen and oxygen atoms in total. The van der Waals surface area contributed by atoms with Gasteiger partial charge >= 0.3 is 0 Å². The molecule has 0 radical (unpaired) electrons. The molecule has 0 spiro atoms. The van der Waals surface area contributed by atoms with Gasteiger partial charge in [-0.05, 0) is 56.0 Å². The first-order valence-electron chi connectivity index (χ1n) is 8.90. The van der Waals surface area contributed by atoms with Crippen molar-refractivity contribution in [1.29, 1.82) is 0 Å². The Morgan fingerprint density at radius 2 is 1.76 bits per heavy atom. The van der Waals surface area contributed by atoms with Gasteiger partial charge in [-0.1, -0.05) is 27.7 Å². The molecule has 0 N–H and O–H groups in total. The third-order valence-electron chi connectivity index (χ3n) is 4.88. The second-order valence-electron chi connectivity index (χ2n) is 7.56. The van der Waals surface area contributed by atoms with E-state index >= 15 is 0 Å². The summed E-state index contributed by atoms with van der Waals surface area (Å²) in [7, 11) is -1.16. The molecule has 0 amide bonds. The maximum absolute atomic E-state index is 6.19. The van der Waals surface area contributed by atoms with Crippen LogP contribution in [0.2, 0.25) is 11.1 Å². The van der Waals surface area contributed by atoms with E-state index in [9.17, 15) is 0 Å². The fourth-order valence-corrected chi connectivity index (χ4v) is 6.40. The summed E-state index contributed by atoms with van der Waals surface area (Å²) in [5, 5.41) is 0. The van der Waals surface area contributed by atoms with Gasteiger partial charge < -0.3 is 13.9 Å². The molecule has 124 valence electrons. The van der Waals surface area contributed by atoms with Gasteiger partial charge in [-0.25, -0.2) is 0 Å². The minimum absolute atomic E-state index is 0.0334. The van der Waals surface area contributed by atoms with Crippen LogP contribution in [0.1, 0.15) is 66.7 Å². The van der Waals surface area contributed by atoms with Gasteiger partial charge in [0.05, 0.1) is 12.2 Å². The van der Waals surface area contributed by atoms with Crippen LogP contribution in [-0.2, 0) is 13.9 Å². The topological polar surface area (TPSA) is 31.0 Å². The minimum atomic E-state index is -1.16. The highest BCUT2D eigenvalue weighted by Gasteiger charge is 2.43. The van der Waals surface area contributed by atoms with Gasteiger partial charge in [-0.2, -0.15) is 0 Å². The predicted molar refractivity (Wildman–Crippen MR) is 89.1 cm³/mol. The molecule has 4 unspecified atom stereocenters. The van der Waals surface area contributed by atoms with Crippen LogP contribution in [0.25, 0.3) is 0 Å². The highest BCUT2D eigenvalue weighted by molar-refractivity contribution is 6.55. The summed E-state index contributed by atoms with van der Waals surface area (Å²) in [6, 6.07) is 0. The summed E-state index contributed by atoms with van der Waals surface area (Å²) in [4.78, 5) is 0. The van der Waals surface area contributed by atoms with Gasteiger partial charge in [0.1, 0.15) is 6.29 Å². The summed E-state index contributed by atoms with van der Waals surface area (Å²) in [5.41, 5.74) is 1.34. The molecule has 1 aliphatic carbocycles. The Hall–Kier alpha value is 0.0969. The van der Waals surface area contributed by atoms with E-state index in [2.05, 4.69) is 34.6 Å². The van der Waals surface area contributed by atoms with Crippen LogP contribution in [-0.4, -0.2) is 34.1 Å². The number of hydrogen-bond acceptors (Lipinski definition) is 3. The van der Waals surface area contributed by atoms with Crippen LogP contribution in [0, 0.1) is 5.92 Å². The van der Waals surface area contributed by atoms with Crippen molar-refractivity contribution < 1.29 is 13.9 Å². The summed E-state index contributed by atoms with van der Waals surface area (Å²) in [6.07, 6.45) is 7.56. The van der Waals surface area contributed by atoms with Crippen LogP contribution in [0.15, 0.2) is 0 Å². The predicted octanol–water partition coefficient (Wildman–Crippen LogP) is 4.26. The second kappa shape index (κ2) is 8.09. The first-order valence-corrected chi connectivity index (χ1v) is 10.7. The molecule has 0 aromatic carbocycles. The van der Waals surface area contributed by atoms with Crippen molar-refractivity contribution in [2.75, 3.05) is 6.61 Å². The van der Waals surface area contributed by atoms with Crippen molar-refractivity contribution in [1.82, 2.24) is 0 Å². The highest BCUT2D eigenvalue weighted by Crippen LogP contribution is 2.40. The SMILES string of the molecule is CC(OCCCC1CCC2OC2C1)O[SiH](C(C)C)C(C)C. The molecule has 2 fully saturated rings. The number of rotatable bonds is 9. The number of hydrogen-bond donors (Lipinski definition) is 0. The zero-order valence-electron chi connectivity index (χ0n) is 14.5. The van der Waals surface area contributed by atoms with Gasteiger partial charge in [-0.3, -0.25) is 0 Å². The van der Waals surface area contributed by atoms with Crippen LogP contribution >= 0.6 is 0 Å². The largest absolute Gasteiger partial charge is 0.395 e. The summed E-state index contributed by atoms with van der Waals surface area (Å²) >= 11 is 0. The van der Waals surface area contributed by atoms with Gasteiger partial charge in [0.15, 0.2) is 9.04 Å². The van der Waals surface area contributed by atoms with Crippen molar-refractivity contribution in [3.05, 3.63) is 0 Å². The lowest BCUT2D eigenvalue weighted by Gasteiger charge is -2.27. The Morgan fingerprint density at radius 1 is 1.05 bits per heavy atom. The molecule has 1 saturated heterocycles. The molecule has 0 bridgehead atoms. The zero-order valence-corrected chi connectivity index (χ0v) is 15.7. The van der Waals surface area contributed by atoms with E-state index in [1.165, 1.54) is 25.7 Å². The van der Waals surface area contributed by atoms with E-state index < -0.39 is 9.04 Å². The maximum atomic E-state index is 6.19. The first-order chi connectivity index (χ1) is 9.97. The van der Waals surface area contributed by atoms with E-state index in [1.807, 2.05) is 0 Å². The fourth-order valence-electron chi connectivity index (χ4n) is 3.71. The lowest BCUT2D eigenvalue weighted by atomic mass is 9.86. The molecule has 0 aromatic rings. The van der Waals surface area contributed by atoms with E-state index in [-0.39, 0.29) is 6.29 Å². The molecule has 2 aliphatic rings. The van der Waals surface area contributed by atoms with Crippen molar-refractivity contribution in [2.45, 2.75) is 96.3 Å². The van der Waals surface area contributed by atoms with Gasteiger partial charge in [0.25, 0.3) is 0 Å². The Kier molecular flexibility index (Phi) is 6.72. The zero-order chi connectivity index (χ0) is 15.4. The minimum Gasteiger partial charge on any atom is -0.395 e. The number of ether oxygens (including phenoxy) is 2. The van der Waals surface area contributed by atoms with Crippen LogP contribution in [0.5, 0.6) is 0 Å². The number of fused-ring (bicyclic) bond motifs is 1. The molecule has 21 heavy (non-hydrogen) atoms. The molecule has 0 aromatic heterocycles. The Morgan fingerprint density at radius 3 is 2.38 bits per heavy atom. The van der Waals surface area contributed by atoms with E-state index in [4.69, 9.17) is 13.9 Å². The van der Waals surface area contributed by atoms with Crippen molar-refractivity contribution in [3.8, 4) is 0 Å². The maximum Gasteiger partial charge on any atom is 0.185 e. The van der Waals surface area contributed by atoms with Crippen molar-refractivity contribution in [3.63, 3.8) is 0 Å². The molecule has 1 heterocycles.